The molecule has 0 amide bonds. The van der Waals surface area contributed by atoms with Gasteiger partial charge < -0.3 is 9.57 Å². The van der Waals surface area contributed by atoms with Crippen LogP contribution in [-0.2, 0) is 14.4 Å². The Hall–Kier alpha value is -0.870. The van der Waals surface area contributed by atoms with Crippen molar-refractivity contribution in [2.75, 3.05) is 13.2 Å². The molecule has 0 aromatic rings. The summed E-state index contributed by atoms with van der Waals surface area (Å²) in [4.78, 5) is 15.9. The van der Waals surface area contributed by atoms with Crippen LogP contribution in [-0.4, -0.2) is 30.4 Å². The maximum absolute atomic E-state index is 10.9. The van der Waals surface area contributed by atoms with Gasteiger partial charge in [-0.1, -0.05) is 20.4 Å². The van der Waals surface area contributed by atoms with Crippen LogP contribution in [0.2, 0.25) is 0 Å². The lowest BCUT2D eigenvalue weighted by molar-refractivity contribution is -0.212. The van der Waals surface area contributed by atoms with Gasteiger partial charge in [0.2, 0.25) is 0 Å². The van der Waals surface area contributed by atoms with Gasteiger partial charge in [-0.3, -0.25) is 0 Å². The lowest BCUT2D eigenvalue weighted by Gasteiger charge is -2.23. The van der Waals surface area contributed by atoms with Crippen molar-refractivity contribution in [1.82, 2.24) is 5.06 Å². The van der Waals surface area contributed by atoms with Crippen LogP contribution in [0.25, 0.3) is 0 Å². The predicted molar refractivity (Wildman–Crippen MR) is 47.6 cm³/mol. The Labute approximate surface area is 78.1 Å². The van der Waals surface area contributed by atoms with Gasteiger partial charge in [0.1, 0.15) is 6.23 Å². The van der Waals surface area contributed by atoms with Gasteiger partial charge in [-0.2, -0.15) is 0 Å². The first kappa shape index (κ1) is 10.2. The largest absolute Gasteiger partial charge is 0.362 e. The highest BCUT2D eigenvalue weighted by Crippen LogP contribution is 2.18. The van der Waals surface area contributed by atoms with Crippen molar-refractivity contribution in [2.24, 2.45) is 5.92 Å². The summed E-state index contributed by atoms with van der Waals surface area (Å²) in [5, 5.41) is 1.56. The first-order valence-corrected chi connectivity index (χ1v) is 4.37. The first-order chi connectivity index (χ1) is 6.15. The molecular weight excluding hydrogens is 170 g/mol. The average molecular weight is 185 g/mol. The van der Waals surface area contributed by atoms with Gasteiger partial charge in [0.25, 0.3) is 0 Å². The van der Waals surface area contributed by atoms with E-state index in [1.165, 1.54) is 0 Å². The van der Waals surface area contributed by atoms with E-state index >= 15 is 0 Å². The number of hydroxylamine groups is 2. The van der Waals surface area contributed by atoms with Crippen molar-refractivity contribution in [3.8, 4) is 0 Å². The quantitative estimate of drug-likeness (QED) is 0.613. The zero-order valence-corrected chi connectivity index (χ0v) is 8.03. The third kappa shape index (κ3) is 2.54. The van der Waals surface area contributed by atoms with Crippen LogP contribution < -0.4 is 0 Å². The monoisotopic (exact) mass is 185 g/mol. The number of carbonyl (C=O) groups is 1. The molecule has 0 saturated carbocycles. The van der Waals surface area contributed by atoms with Crippen LogP contribution in [0.15, 0.2) is 12.7 Å². The molecule has 0 aromatic carbocycles. The molecule has 0 bridgehead atoms. The van der Waals surface area contributed by atoms with Gasteiger partial charge in [-0.15, -0.1) is 5.06 Å². The van der Waals surface area contributed by atoms with Crippen molar-refractivity contribution in [3.05, 3.63) is 12.7 Å². The highest BCUT2D eigenvalue weighted by atomic mass is 16.7. The van der Waals surface area contributed by atoms with Crippen molar-refractivity contribution >= 4 is 5.97 Å². The molecule has 1 heterocycles. The summed E-state index contributed by atoms with van der Waals surface area (Å²) in [6, 6.07) is 0. The van der Waals surface area contributed by atoms with E-state index in [0.29, 0.717) is 19.1 Å². The normalized spacial score (nSPS) is 23.5. The Morgan fingerprint density at radius 1 is 1.77 bits per heavy atom. The highest BCUT2D eigenvalue weighted by molar-refractivity contribution is 5.80. The molecule has 1 saturated heterocycles. The van der Waals surface area contributed by atoms with E-state index in [9.17, 15) is 4.79 Å². The summed E-state index contributed by atoms with van der Waals surface area (Å²) < 4.78 is 5.39. The van der Waals surface area contributed by atoms with E-state index in [0.717, 1.165) is 6.08 Å². The smallest absolute Gasteiger partial charge is 0.349 e. The number of hydrogen-bond acceptors (Lipinski definition) is 4. The fourth-order valence-electron chi connectivity index (χ4n) is 1.25. The van der Waals surface area contributed by atoms with E-state index in [1.54, 1.807) is 5.06 Å². The molecule has 1 unspecified atom stereocenters. The molecule has 1 rings (SSSR count). The summed E-state index contributed by atoms with van der Waals surface area (Å²) >= 11 is 0. The molecule has 1 fully saturated rings. The van der Waals surface area contributed by atoms with Gasteiger partial charge in [0, 0.05) is 6.08 Å². The number of nitrogens with zero attached hydrogens (tertiary/aromatic N) is 1. The fourth-order valence-corrected chi connectivity index (χ4v) is 1.25. The van der Waals surface area contributed by atoms with Gasteiger partial charge >= 0.3 is 5.97 Å². The third-order valence-corrected chi connectivity index (χ3v) is 1.83. The van der Waals surface area contributed by atoms with Crippen LogP contribution in [0.4, 0.5) is 0 Å². The molecule has 4 nitrogen and oxygen atoms in total. The molecule has 0 radical (unpaired) electrons. The van der Waals surface area contributed by atoms with Crippen LogP contribution in [0, 0.1) is 5.92 Å². The molecule has 0 spiro atoms. The van der Waals surface area contributed by atoms with Gasteiger partial charge in [0.05, 0.1) is 13.2 Å². The Kier molecular flexibility index (Phi) is 3.45. The zero-order chi connectivity index (χ0) is 9.84. The Morgan fingerprint density at radius 3 is 3.00 bits per heavy atom. The molecule has 0 aliphatic carbocycles. The van der Waals surface area contributed by atoms with Gasteiger partial charge in [-0.05, 0) is 5.92 Å². The molecule has 1 aliphatic rings. The second-order valence-electron chi connectivity index (χ2n) is 3.26. The van der Waals surface area contributed by atoms with Crippen molar-refractivity contribution in [2.45, 2.75) is 20.1 Å². The lowest BCUT2D eigenvalue weighted by Crippen LogP contribution is -2.35. The minimum absolute atomic E-state index is 0.121. The Bertz CT molecular complexity index is 203. The van der Waals surface area contributed by atoms with Crippen LogP contribution in [0.3, 0.4) is 0 Å². The molecule has 1 aliphatic heterocycles. The van der Waals surface area contributed by atoms with E-state index < -0.39 is 5.97 Å². The molecular formula is C9H15NO3. The number of ether oxygens (including phenoxy) is 1. The summed E-state index contributed by atoms with van der Waals surface area (Å²) in [5.74, 6) is -0.128. The number of carbonyl (C=O) groups excluding carboxylic acids is 1. The predicted octanol–water partition coefficient (Wildman–Crippen LogP) is 0.945. The lowest BCUT2D eigenvalue weighted by atomic mass is 10.2. The van der Waals surface area contributed by atoms with Crippen LogP contribution in [0.5, 0.6) is 0 Å². The topological polar surface area (TPSA) is 38.8 Å². The van der Waals surface area contributed by atoms with E-state index in [4.69, 9.17) is 9.57 Å². The first-order valence-electron chi connectivity index (χ1n) is 4.37. The second kappa shape index (κ2) is 4.39. The van der Waals surface area contributed by atoms with E-state index in [2.05, 4.69) is 6.58 Å². The minimum Gasteiger partial charge on any atom is -0.362 e. The zero-order valence-electron chi connectivity index (χ0n) is 8.03. The highest BCUT2D eigenvalue weighted by Gasteiger charge is 2.30. The molecule has 13 heavy (non-hydrogen) atoms. The van der Waals surface area contributed by atoms with Gasteiger partial charge in [-0.25, -0.2) is 4.79 Å². The second-order valence-corrected chi connectivity index (χ2v) is 3.26. The van der Waals surface area contributed by atoms with E-state index in [-0.39, 0.29) is 6.23 Å². The molecule has 0 N–H and O–H groups in total. The van der Waals surface area contributed by atoms with E-state index in [1.807, 2.05) is 13.8 Å². The fraction of sp³-hybridized carbons (Fsp3) is 0.667. The molecule has 4 heteroatoms. The summed E-state index contributed by atoms with van der Waals surface area (Å²) in [5.41, 5.74) is 0. The molecule has 0 aromatic heterocycles. The van der Waals surface area contributed by atoms with Crippen LogP contribution in [0.1, 0.15) is 13.8 Å². The third-order valence-electron chi connectivity index (χ3n) is 1.83. The maximum Gasteiger partial charge on any atom is 0.349 e. The van der Waals surface area contributed by atoms with Crippen molar-refractivity contribution in [1.29, 1.82) is 0 Å². The molecule has 74 valence electrons. The Balaban J connectivity index is 2.48. The average Bonchev–Trinajstić information content (AvgIpc) is 2.52. The maximum atomic E-state index is 10.9. The summed E-state index contributed by atoms with van der Waals surface area (Å²) in [7, 11) is 0. The van der Waals surface area contributed by atoms with Crippen molar-refractivity contribution in [3.63, 3.8) is 0 Å². The number of hydrogen-bond donors (Lipinski definition) is 0. The standard InChI is InChI=1S/C9H15NO3/c1-4-8(11)13-10-5-6-12-9(10)7(2)3/h4,7,9H,1,5-6H2,2-3H3. The SMILES string of the molecule is C=CC(=O)ON1CCOC1C(C)C. The minimum atomic E-state index is -0.434. The van der Waals surface area contributed by atoms with Gasteiger partial charge in [0.15, 0.2) is 0 Å². The summed E-state index contributed by atoms with van der Waals surface area (Å²) in [6.07, 6.45) is 1.03. The molecule has 1 atom stereocenters. The van der Waals surface area contributed by atoms with Crippen LogP contribution >= 0.6 is 0 Å². The van der Waals surface area contributed by atoms with Crippen molar-refractivity contribution < 1.29 is 14.4 Å². The number of rotatable bonds is 3. The Morgan fingerprint density at radius 2 is 2.46 bits per heavy atom. The summed E-state index contributed by atoms with van der Waals surface area (Å²) in [6.45, 7) is 8.60.